The largest absolute Gasteiger partial charge is 0.492 e. The van der Waals surface area contributed by atoms with Crippen molar-refractivity contribution < 1.29 is 13.9 Å². The SMILES string of the molecule is CN(C)CC(=O)Nc1cncc(-c2cnc3n[nH]c(-c4cc5c(-c6cc(F)cc(OCCN7CCCC7)c6)cccc5[nH]4)c3c2)c1. The van der Waals surface area contributed by atoms with E-state index >= 15 is 0 Å². The molecule has 1 saturated heterocycles. The van der Waals surface area contributed by atoms with Crippen LogP contribution in [0.4, 0.5) is 10.1 Å². The van der Waals surface area contributed by atoms with Gasteiger partial charge in [0.25, 0.3) is 0 Å². The highest BCUT2D eigenvalue weighted by Crippen LogP contribution is 2.36. The Morgan fingerprint density at radius 1 is 1.00 bits per heavy atom. The highest BCUT2D eigenvalue weighted by atomic mass is 19.1. The van der Waals surface area contributed by atoms with Gasteiger partial charge < -0.3 is 19.9 Å². The Kier molecular flexibility index (Phi) is 8.17. The molecule has 11 heteroatoms. The Bertz CT molecular complexity index is 2030. The van der Waals surface area contributed by atoms with Crippen molar-refractivity contribution in [1.29, 1.82) is 0 Å². The first kappa shape index (κ1) is 29.6. The number of aromatic nitrogens is 5. The third-order valence-electron chi connectivity index (χ3n) is 8.22. The van der Waals surface area contributed by atoms with E-state index in [2.05, 4.69) is 35.4 Å². The number of pyridine rings is 2. The second kappa shape index (κ2) is 12.7. The van der Waals surface area contributed by atoms with E-state index in [-0.39, 0.29) is 18.3 Å². The fraction of sp³-hybridized carbons (Fsp3) is 0.257. The van der Waals surface area contributed by atoms with Gasteiger partial charge in [0.05, 0.1) is 29.8 Å². The molecular formula is C35H35FN8O2. The average Bonchev–Trinajstić information content (AvgIpc) is 3.80. The summed E-state index contributed by atoms with van der Waals surface area (Å²) in [6, 6.07) is 16.8. The van der Waals surface area contributed by atoms with Crippen LogP contribution in [-0.2, 0) is 4.79 Å². The highest BCUT2D eigenvalue weighted by molar-refractivity contribution is 6.01. The molecule has 1 fully saturated rings. The predicted octanol–water partition coefficient (Wildman–Crippen LogP) is 5.95. The molecule has 0 bridgehead atoms. The minimum Gasteiger partial charge on any atom is -0.492 e. The molecule has 5 heterocycles. The Hall–Kier alpha value is -5.13. The van der Waals surface area contributed by atoms with Crippen LogP contribution >= 0.6 is 0 Å². The summed E-state index contributed by atoms with van der Waals surface area (Å²) >= 11 is 0. The summed E-state index contributed by atoms with van der Waals surface area (Å²) in [5, 5.41) is 12.3. The number of hydrogen-bond donors (Lipinski definition) is 3. The number of rotatable bonds is 10. The minimum atomic E-state index is -0.338. The molecule has 3 N–H and O–H groups in total. The maximum Gasteiger partial charge on any atom is 0.238 e. The first-order chi connectivity index (χ1) is 22.4. The van der Waals surface area contributed by atoms with Crippen LogP contribution in [-0.4, -0.2) is 87.7 Å². The predicted molar refractivity (Wildman–Crippen MR) is 178 cm³/mol. The zero-order valence-corrected chi connectivity index (χ0v) is 25.8. The van der Waals surface area contributed by atoms with Gasteiger partial charge in [0, 0.05) is 52.4 Å². The van der Waals surface area contributed by atoms with E-state index in [4.69, 9.17) is 4.74 Å². The summed E-state index contributed by atoms with van der Waals surface area (Å²) in [4.78, 5) is 28.9. The van der Waals surface area contributed by atoms with E-state index in [1.54, 1.807) is 29.6 Å². The van der Waals surface area contributed by atoms with Crippen LogP contribution in [0.3, 0.4) is 0 Å². The van der Waals surface area contributed by atoms with Gasteiger partial charge in [-0.2, -0.15) is 5.10 Å². The van der Waals surface area contributed by atoms with Gasteiger partial charge in [-0.15, -0.1) is 0 Å². The van der Waals surface area contributed by atoms with Crippen molar-refractivity contribution >= 4 is 33.5 Å². The molecule has 7 rings (SSSR count). The number of likely N-dealkylation sites (tertiary alicyclic amines) is 1. The lowest BCUT2D eigenvalue weighted by Crippen LogP contribution is -2.27. The number of halogens is 1. The molecular weight excluding hydrogens is 583 g/mol. The number of fused-ring (bicyclic) bond motifs is 2. The molecule has 6 aromatic rings. The minimum absolute atomic E-state index is 0.118. The number of aromatic amines is 2. The fourth-order valence-corrected chi connectivity index (χ4v) is 6.06. The van der Waals surface area contributed by atoms with Gasteiger partial charge in [-0.05, 0) is 87.6 Å². The number of ether oxygens (including phenoxy) is 1. The van der Waals surface area contributed by atoms with Crippen molar-refractivity contribution in [3.05, 3.63) is 79.0 Å². The third-order valence-corrected chi connectivity index (χ3v) is 8.22. The normalized spacial score (nSPS) is 13.7. The Morgan fingerprint density at radius 3 is 2.70 bits per heavy atom. The van der Waals surface area contributed by atoms with Gasteiger partial charge in [-0.25, -0.2) is 9.37 Å². The second-order valence-corrected chi connectivity index (χ2v) is 12.0. The van der Waals surface area contributed by atoms with Crippen LogP contribution in [0.15, 0.2) is 73.2 Å². The maximum absolute atomic E-state index is 14.8. The van der Waals surface area contributed by atoms with Gasteiger partial charge >= 0.3 is 0 Å². The summed E-state index contributed by atoms with van der Waals surface area (Å²) in [7, 11) is 3.69. The molecule has 1 amide bonds. The molecule has 2 aromatic carbocycles. The third kappa shape index (κ3) is 6.33. The molecule has 0 unspecified atom stereocenters. The lowest BCUT2D eigenvalue weighted by Gasteiger charge is -2.15. The molecule has 1 aliphatic rings. The molecule has 1 aliphatic heterocycles. The van der Waals surface area contributed by atoms with E-state index in [9.17, 15) is 9.18 Å². The van der Waals surface area contributed by atoms with Crippen molar-refractivity contribution in [3.63, 3.8) is 0 Å². The molecule has 0 atom stereocenters. The number of nitrogens with zero attached hydrogens (tertiary/aromatic N) is 5. The van der Waals surface area contributed by atoms with E-state index in [1.807, 2.05) is 56.6 Å². The van der Waals surface area contributed by atoms with Gasteiger partial charge in [-0.1, -0.05) is 12.1 Å². The lowest BCUT2D eigenvalue weighted by atomic mass is 10.0. The van der Waals surface area contributed by atoms with E-state index in [1.165, 1.54) is 18.9 Å². The van der Waals surface area contributed by atoms with Gasteiger partial charge in [-0.3, -0.25) is 19.8 Å². The standard InChI is InChI=1S/C35H35FN8O2/c1-43(2)21-33(45)39-26-13-23(18-37-20-26)24-15-30-34(41-42-35(30)38-19-24)32-17-29-28(6-5-7-31(29)40-32)22-12-25(36)16-27(14-22)46-11-10-44-8-3-4-9-44/h5-7,12-20,40H,3-4,8-11,21H2,1-2H3,(H,39,45)(H,38,41,42). The van der Waals surface area contributed by atoms with Crippen molar-refractivity contribution in [2.75, 3.05) is 52.2 Å². The van der Waals surface area contributed by atoms with Crippen molar-refractivity contribution in [2.45, 2.75) is 12.8 Å². The average molecular weight is 619 g/mol. The van der Waals surface area contributed by atoms with Crippen LogP contribution in [0.1, 0.15) is 12.8 Å². The second-order valence-electron chi connectivity index (χ2n) is 12.0. The highest BCUT2D eigenvalue weighted by Gasteiger charge is 2.17. The van der Waals surface area contributed by atoms with Crippen LogP contribution < -0.4 is 10.1 Å². The number of benzene rings is 2. The zero-order chi connectivity index (χ0) is 31.6. The molecule has 10 nitrogen and oxygen atoms in total. The number of carbonyl (C=O) groups excluding carboxylic acids is 1. The van der Waals surface area contributed by atoms with Gasteiger partial charge in [0.1, 0.15) is 18.2 Å². The van der Waals surface area contributed by atoms with Crippen LogP contribution in [0.5, 0.6) is 5.75 Å². The van der Waals surface area contributed by atoms with Crippen LogP contribution in [0.2, 0.25) is 0 Å². The Balaban J connectivity index is 1.18. The Morgan fingerprint density at radius 2 is 1.85 bits per heavy atom. The summed E-state index contributed by atoms with van der Waals surface area (Å²) in [6.45, 7) is 3.83. The summed E-state index contributed by atoms with van der Waals surface area (Å²) in [5.74, 6) is 0.0683. The first-order valence-corrected chi connectivity index (χ1v) is 15.4. The summed E-state index contributed by atoms with van der Waals surface area (Å²) in [6.07, 6.45) is 7.55. The molecule has 0 spiro atoms. The molecule has 0 aliphatic carbocycles. The topological polar surface area (TPSA) is 115 Å². The number of carbonyl (C=O) groups is 1. The number of amides is 1. The maximum atomic E-state index is 14.8. The quantitative estimate of drug-likeness (QED) is 0.174. The monoisotopic (exact) mass is 618 g/mol. The first-order valence-electron chi connectivity index (χ1n) is 15.4. The summed E-state index contributed by atoms with van der Waals surface area (Å²) in [5.41, 5.74) is 6.98. The fourth-order valence-electron chi connectivity index (χ4n) is 6.06. The lowest BCUT2D eigenvalue weighted by molar-refractivity contribution is -0.116. The van der Waals surface area contributed by atoms with E-state index < -0.39 is 0 Å². The van der Waals surface area contributed by atoms with Crippen molar-refractivity contribution in [2.24, 2.45) is 0 Å². The smallest absolute Gasteiger partial charge is 0.238 e. The molecule has 0 saturated carbocycles. The van der Waals surface area contributed by atoms with Crippen LogP contribution in [0.25, 0.3) is 55.6 Å². The number of hydrogen-bond acceptors (Lipinski definition) is 7. The van der Waals surface area contributed by atoms with Gasteiger partial charge in [0.15, 0.2) is 5.65 Å². The number of likely N-dealkylation sites (N-methyl/N-ethyl adjacent to an activating group) is 1. The number of anilines is 1. The molecule has 234 valence electrons. The molecule has 0 radical (unpaired) electrons. The number of nitrogens with one attached hydrogen (secondary N) is 3. The Labute approximate surface area is 265 Å². The van der Waals surface area contributed by atoms with Crippen molar-refractivity contribution in [1.82, 2.24) is 34.9 Å². The van der Waals surface area contributed by atoms with Gasteiger partial charge in [0.2, 0.25) is 5.91 Å². The summed E-state index contributed by atoms with van der Waals surface area (Å²) < 4.78 is 20.8. The number of H-pyrrole nitrogens is 2. The van der Waals surface area contributed by atoms with E-state index in [0.717, 1.165) is 69.6 Å². The molecule has 46 heavy (non-hydrogen) atoms. The van der Waals surface area contributed by atoms with Crippen molar-refractivity contribution in [3.8, 4) is 39.4 Å². The zero-order valence-electron chi connectivity index (χ0n) is 25.8. The van der Waals surface area contributed by atoms with E-state index in [0.29, 0.717) is 23.7 Å². The molecule has 4 aromatic heterocycles. The van der Waals surface area contributed by atoms with Crippen LogP contribution in [0, 0.1) is 5.82 Å².